The van der Waals surface area contributed by atoms with Crippen LogP contribution in [0.15, 0.2) is 315 Å². The minimum Gasteiger partial charge on any atom is -0.334 e. The van der Waals surface area contributed by atoms with Crippen LogP contribution in [0.5, 0.6) is 0 Å². The second-order valence-electron chi connectivity index (χ2n) is 30.6. The van der Waals surface area contributed by atoms with Crippen LogP contribution < -0.4 is 9.80 Å². The molecule has 2 heteroatoms. The van der Waals surface area contributed by atoms with Gasteiger partial charge in [0, 0.05) is 50.1 Å². The zero-order valence-corrected chi connectivity index (χ0v) is 58.1. The van der Waals surface area contributed by atoms with Crippen molar-refractivity contribution < 1.29 is 0 Å². The van der Waals surface area contributed by atoms with Crippen molar-refractivity contribution in [2.75, 3.05) is 9.80 Å². The second kappa shape index (κ2) is 22.1. The summed E-state index contributed by atoms with van der Waals surface area (Å²) in [5.74, 6) is 0. The molecule has 0 N–H and O–H groups in total. The Bertz CT molecular complexity index is 5720. The standard InChI is InChI=1S/C98H78N2/c1-95(2)85-39-23-19-33-71(85)75-49-43-65(57-89(75)95)99(66-44-50-76-72-34-20-24-40-86(72)96(3,4)90(76)58-66)63-47-53-81-83(55-63)93(79-37-17-15-31-69(79)61-27-11-9-12-28-61)82-54-48-64(56-84(82)94(81)80-38-18-16-32-70(80)62-29-13-10-14-30-62)100(67-45-51-77-73-35-21-25-41-87(73)97(5,6)91(77)59-67)68-46-52-78-74-36-22-26-42-88(74)98(7,8)92(78)60-68/h9-59,68H,60H2,1-8H3. The molecule has 14 aromatic carbocycles. The normalized spacial score (nSPS) is 16.3. The third-order valence-electron chi connectivity index (χ3n) is 23.9. The molecular weight excluding hydrogens is 1210 g/mol. The summed E-state index contributed by atoms with van der Waals surface area (Å²) >= 11 is 0. The van der Waals surface area contributed by atoms with Gasteiger partial charge in [-0.25, -0.2) is 0 Å². The molecule has 100 heavy (non-hydrogen) atoms. The molecule has 0 saturated heterocycles. The summed E-state index contributed by atoms with van der Waals surface area (Å²) in [5.41, 5.74) is 36.2. The molecule has 14 aromatic rings. The average molecular weight is 1280 g/mol. The fourth-order valence-corrected chi connectivity index (χ4v) is 18.8. The Morgan fingerprint density at radius 1 is 0.260 bits per heavy atom. The van der Waals surface area contributed by atoms with Crippen LogP contribution in [0.25, 0.3) is 105 Å². The highest BCUT2D eigenvalue weighted by atomic mass is 15.2. The third-order valence-corrected chi connectivity index (χ3v) is 23.9. The Morgan fingerprint density at radius 2 is 0.580 bits per heavy atom. The highest BCUT2D eigenvalue weighted by Gasteiger charge is 2.43. The fraction of sp³-hybridized carbons (Fsp3) is 0.143. The highest BCUT2D eigenvalue weighted by molar-refractivity contribution is 6.24. The van der Waals surface area contributed by atoms with E-state index in [1.165, 1.54) is 161 Å². The predicted octanol–water partition coefficient (Wildman–Crippen LogP) is 26.3. The highest BCUT2D eigenvalue weighted by Crippen LogP contribution is 2.58. The van der Waals surface area contributed by atoms with Gasteiger partial charge in [-0.1, -0.05) is 304 Å². The van der Waals surface area contributed by atoms with Crippen LogP contribution >= 0.6 is 0 Å². The fourth-order valence-electron chi connectivity index (χ4n) is 18.8. The summed E-state index contributed by atoms with van der Waals surface area (Å²) in [7, 11) is 0. The van der Waals surface area contributed by atoms with Crippen LogP contribution in [0.4, 0.5) is 28.4 Å². The van der Waals surface area contributed by atoms with E-state index in [1.54, 1.807) is 0 Å². The number of benzene rings is 14. The van der Waals surface area contributed by atoms with Gasteiger partial charge in [-0.05, 0) is 222 Å². The topological polar surface area (TPSA) is 6.48 Å². The lowest BCUT2D eigenvalue weighted by Gasteiger charge is -2.38. The molecule has 2 nitrogen and oxygen atoms in total. The third kappa shape index (κ3) is 8.81. The van der Waals surface area contributed by atoms with E-state index in [-0.39, 0.29) is 27.7 Å². The van der Waals surface area contributed by atoms with Gasteiger partial charge in [0.1, 0.15) is 0 Å². The van der Waals surface area contributed by atoms with Crippen molar-refractivity contribution in [3.05, 3.63) is 359 Å². The van der Waals surface area contributed by atoms with Crippen molar-refractivity contribution in [1.29, 1.82) is 0 Å². The zero-order valence-electron chi connectivity index (χ0n) is 58.1. The maximum atomic E-state index is 2.70. The quantitative estimate of drug-likeness (QED) is 0.126. The monoisotopic (exact) mass is 1280 g/mol. The second-order valence-corrected chi connectivity index (χ2v) is 30.6. The number of hydrogen-bond donors (Lipinski definition) is 0. The molecule has 0 aliphatic heterocycles. The SMILES string of the molecule is CC1(C)C2=C(C=CC(N(c3ccc4c(c3)C(C)(C)c3ccccc3-4)c3ccc4c(-c5ccccc5-c5ccccc5)c5cc(N(c6ccc7c(c6)C(C)(C)c6ccccc6-7)c6ccc7c(c6)C(C)(C)c6ccccc6-7)ccc5c(-c5ccccc5-c5ccccc5)c4c3)C2)c2ccccc21. The predicted molar refractivity (Wildman–Crippen MR) is 423 cm³/mol. The number of anilines is 5. The van der Waals surface area contributed by atoms with Gasteiger partial charge in [0.25, 0.3) is 0 Å². The summed E-state index contributed by atoms with van der Waals surface area (Å²) in [6.45, 7) is 19.3. The lowest BCUT2D eigenvalue weighted by Crippen LogP contribution is -2.33. The van der Waals surface area contributed by atoms with Crippen LogP contribution in [0.1, 0.15) is 106 Å². The van der Waals surface area contributed by atoms with E-state index >= 15 is 0 Å². The van der Waals surface area contributed by atoms with Gasteiger partial charge in [-0.15, -0.1) is 0 Å². The summed E-state index contributed by atoms with van der Waals surface area (Å²) in [4.78, 5) is 5.26. The number of rotatable bonds is 10. The molecule has 1 atom stereocenters. The molecular formula is C98H78N2. The zero-order chi connectivity index (χ0) is 67.6. The Labute approximate surface area is 588 Å². The number of fused-ring (bicyclic) bond motifs is 13. The first-order chi connectivity index (χ1) is 48.6. The molecule has 0 fully saturated rings. The van der Waals surface area contributed by atoms with Crippen LogP contribution in [-0.4, -0.2) is 6.04 Å². The Balaban J connectivity index is 0.899. The van der Waals surface area contributed by atoms with Gasteiger partial charge in [-0.3, -0.25) is 0 Å². The summed E-state index contributed by atoms with van der Waals surface area (Å²) in [6, 6.07) is 113. The lowest BCUT2D eigenvalue weighted by atomic mass is 9.77. The van der Waals surface area contributed by atoms with Crippen LogP contribution in [0.2, 0.25) is 0 Å². The number of allylic oxidation sites excluding steroid dienone is 2. The first-order valence-electron chi connectivity index (χ1n) is 35.8. The first kappa shape index (κ1) is 59.9. The van der Waals surface area contributed by atoms with Crippen molar-refractivity contribution in [2.24, 2.45) is 0 Å². The molecule has 0 aromatic heterocycles. The van der Waals surface area contributed by atoms with E-state index in [9.17, 15) is 0 Å². The molecule has 0 radical (unpaired) electrons. The van der Waals surface area contributed by atoms with E-state index < -0.39 is 0 Å². The van der Waals surface area contributed by atoms with E-state index in [2.05, 4.69) is 375 Å². The molecule has 480 valence electrons. The molecule has 0 heterocycles. The van der Waals surface area contributed by atoms with Crippen molar-refractivity contribution in [3.63, 3.8) is 0 Å². The Morgan fingerprint density at radius 3 is 1.04 bits per heavy atom. The van der Waals surface area contributed by atoms with E-state index in [0.29, 0.717) is 0 Å². The molecule has 19 rings (SSSR count). The molecule has 0 bridgehead atoms. The van der Waals surface area contributed by atoms with Gasteiger partial charge >= 0.3 is 0 Å². The van der Waals surface area contributed by atoms with Gasteiger partial charge in [-0.2, -0.15) is 0 Å². The molecule has 5 aliphatic carbocycles. The lowest BCUT2D eigenvalue weighted by molar-refractivity contribution is 0.585. The first-order valence-corrected chi connectivity index (χ1v) is 35.8. The molecule has 5 aliphatic rings. The van der Waals surface area contributed by atoms with E-state index in [1.807, 2.05) is 0 Å². The van der Waals surface area contributed by atoms with Gasteiger partial charge in [0.2, 0.25) is 0 Å². The molecule has 0 saturated carbocycles. The van der Waals surface area contributed by atoms with Crippen molar-refractivity contribution in [1.82, 2.24) is 0 Å². The van der Waals surface area contributed by atoms with Gasteiger partial charge in [0.05, 0.1) is 6.04 Å². The van der Waals surface area contributed by atoms with E-state index in [4.69, 9.17) is 0 Å². The average Bonchev–Trinajstić information content (AvgIpc) is 1.47. The smallest absolute Gasteiger partial charge is 0.0563 e. The van der Waals surface area contributed by atoms with Gasteiger partial charge < -0.3 is 9.80 Å². The largest absolute Gasteiger partial charge is 0.334 e. The van der Waals surface area contributed by atoms with Gasteiger partial charge in [0.15, 0.2) is 0 Å². The summed E-state index contributed by atoms with van der Waals surface area (Å²) in [6.07, 6.45) is 5.85. The number of nitrogens with zero attached hydrogens (tertiary/aromatic N) is 2. The van der Waals surface area contributed by atoms with Crippen molar-refractivity contribution >= 4 is 55.6 Å². The van der Waals surface area contributed by atoms with Crippen LogP contribution in [-0.2, 0) is 21.7 Å². The summed E-state index contributed by atoms with van der Waals surface area (Å²) in [5, 5.41) is 4.76. The minimum absolute atomic E-state index is 0.0000234. The maximum absolute atomic E-state index is 2.70. The Kier molecular flexibility index (Phi) is 13.2. The molecule has 0 spiro atoms. The molecule has 0 amide bonds. The van der Waals surface area contributed by atoms with Crippen molar-refractivity contribution in [2.45, 2.75) is 89.5 Å². The minimum atomic E-state index is -0.212. The number of hydrogen-bond acceptors (Lipinski definition) is 2. The van der Waals surface area contributed by atoms with Crippen LogP contribution in [0, 0.1) is 0 Å². The van der Waals surface area contributed by atoms with Crippen molar-refractivity contribution in [3.8, 4) is 77.9 Å². The molecule has 1 unspecified atom stereocenters. The Hall–Kier alpha value is -11.3. The maximum Gasteiger partial charge on any atom is 0.0563 e. The van der Waals surface area contributed by atoms with E-state index in [0.717, 1.165) is 29.2 Å². The van der Waals surface area contributed by atoms with Crippen LogP contribution in [0.3, 0.4) is 0 Å². The summed E-state index contributed by atoms with van der Waals surface area (Å²) < 4.78 is 0.